The minimum atomic E-state index is -0.668. The quantitative estimate of drug-likeness (QED) is 0.356. The second kappa shape index (κ2) is 5.40. The minimum Gasteiger partial charge on any atom is -0.338 e. The van der Waals surface area contributed by atoms with Crippen LogP contribution in [-0.2, 0) is 0 Å². The van der Waals surface area contributed by atoms with E-state index in [0.717, 1.165) is 6.20 Å². The molecule has 0 fully saturated rings. The number of halogens is 1. The fourth-order valence-electron chi connectivity index (χ4n) is 1.22. The van der Waals surface area contributed by atoms with Gasteiger partial charge in [-0.05, 0) is 6.07 Å². The van der Waals surface area contributed by atoms with Gasteiger partial charge in [0.05, 0.1) is 4.92 Å². The molecule has 0 radical (unpaired) electrons. The van der Waals surface area contributed by atoms with Crippen LogP contribution in [0.4, 0.5) is 5.69 Å². The summed E-state index contributed by atoms with van der Waals surface area (Å²) in [5.74, 6) is -0.499. The first-order valence-corrected chi connectivity index (χ1v) is 5.01. The summed E-state index contributed by atoms with van der Waals surface area (Å²) >= 11 is 5.62. The number of hydrogen-bond acceptors (Lipinski definition) is 4. The number of likely N-dealkylation sites (N-methyl/N-ethyl adjacent to an activating group) is 1. The van der Waals surface area contributed by atoms with E-state index in [1.54, 1.807) is 0 Å². The van der Waals surface area contributed by atoms with Crippen molar-refractivity contribution in [3.05, 3.63) is 45.7 Å². The van der Waals surface area contributed by atoms with Gasteiger partial charge < -0.3 is 4.90 Å². The molecule has 0 aromatic carbocycles. The van der Waals surface area contributed by atoms with Crippen LogP contribution in [-0.4, -0.2) is 34.3 Å². The first-order chi connectivity index (χ1) is 7.97. The van der Waals surface area contributed by atoms with Gasteiger partial charge in [0.15, 0.2) is 0 Å². The molecule has 0 aliphatic heterocycles. The maximum Gasteiger partial charge on any atom is 0.300 e. The molecular formula is C10H10ClN3O3. The van der Waals surface area contributed by atoms with Gasteiger partial charge in [-0.3, -0.25) is 14.9 Å². The van der Waals surface area contributed by atoms with Gasteiger partial charge in [0, 0.05) is 13.6 Å². The molecule has 17 heavy (non-hydrogen) atoms. The van der Waals surface area contributed by atoms with E-state index in [4.69, 9.17) is 11.6 Å². The largest absolute Gasteiger partial charge is 0.338 e. The lowest BCUT2D eigenvalue weighted by atomic mass is 10.2. The molecule has 0 aliphatic rings. The van der Waals surface area contributed by atoms with Gasteiger partial charge in [-0.2, -0.15) is 0 Å². The highest BCUT2D eigenvalue weighted by Crippen LogP contribution is 2.21. The standard InChI is InChI=1S/C10H10ClN3O3/c1-3-4-13(2)10(15)7-5-9(11)12-6-8(7)14(16)17/h3,5-6H,1,4H2,2H3. The van der Waals surface area contributed by atoms with Crippen molar-refractivity contribution in [2.45, 2.75) is 0 Å². The Morgan fingerprint density at radius 3 is 2.94 bits per heavy atom. The molecule has 1 aromatic heterocycles. The van der Waals surface area contributed by atoms with Crippen LogP contribution >= 0.6 is 11.6 Å². The maximum absolute atomic E-state index is 11.9. The number of aromatic nitrogens is 1. The highest BCUT2D eigenvalue weighted by Gasteiger charge is 2.23. The second-order valence-corrected chi connectivity index (χ2v) is 3.64. The van der Waals surface area contributed by atoms with Crippen LogP contribution in [0.3, 0.4) is 0 Å². The zero-order valence-electron chi connectivity index (χ0n) is 9.09. The smallest absolute Gasteiger partial charge is 0.300 e. The Bertz CT molecular complexity index is 476. The molecule has 6 nitrogen and oxygen atoms in total. The third-order valence-corrected chi connectivity index (χ3v) is 2.23. The average Bonchev–Trinajstić information content (AvgIpc) is 2.27. The number of amides is 1. The predicted molar refractivity (Wildman–Crippen MR) is 63.1 cm³/mol. The van der Waals surface area contributed by atoms with Crippen molar-refractivity contribution in [3.63, 3.8) is 0 Å². The van der Waals surface area contributed by atoms with Crippen LogP contribution < -0.4 is 0 Å². The summed E-state index contributed by atoms with van der Waals surface area (Å²) in [5, 5.41) is 10.8. The molecule has 0 N–H and O–H groups in total. The lowest BCUT2D eigenvalue weighted by Crippen LogP contribution is -2.27. The number of carbonyl (C=O) groups excluding carboxylic acids is 1. The van der Waals surface area contributed by atoms with Gasteiger partial charge in [-0.1, -0.05) is 17.7 Å². The van der Waals surface area contributed by atoms with E-state index in [1.165, 1.54) is 24.1 Å². The summed E-state index contributed by atoms with van der Waals surface area (Å²) in [6.45, 7) is 3.77. The summed E-state index contributed by atoms with van der Waals surface area (Å²) in [5.41, 5.74) is -0.449. The highest BCUT2D eigenvalue weighted by atomic mass is 35.5. The summed E-state index contributed by atoms with van der Waals surface area (Å²) in [6, 6.07) is 1.18. The average molecular weight is 256 g/mol. The van der Waals surface area contributed by atoms with E-state index in [9.17, 15) is 14.9 Å². The Labute approximate surface area is 103 Å². The van der Waals surface area contributed by atoms with Gasteiger partial charge in [0.2, 0.25) is 0 Å². The van der Waals surface area contributed by atoms with E-state index < -0.39 is 10.8 Å². The van der Waals surface area contributed by atoms with Gasteiger partial charge >= 0.3 is 0 Å². The van der Waals surface area contributed by atoms with Crippen molar-refractivity contribution in [3.8, 4) is 0 Å². The number of hydrogen-bond donors (Lipinski definition) is 0. The fourth-order valence-corrected chi connectivity index (χ4v) is 1.38. The Balaban J connectivity index is 3.19. The Hall–Kier alpha value is -1.95. The normalized spacial score (nSPS) is 9.76. The van der Waals surface area contributed by atoms with E-state index in [-0.39, 0.29) is 22.9 Å². The zero-order chi connectivity index (χ0) is 13.0. The second-order valence-electron chi connectivity index (χ2n) is 3.26. The van der Waals surface area contributed by atoms with E-state index in [0.29, 0.717) is 0 Å². The zero-order valence-corrected chi connectivity index (χ0v) is 9.85. The number of rotatable bonds is 4. The molecular weight excluding hydrogens is 246 g/mol. The molecule has 1 aromatic rings. The van der Waals surface area contributed by atoms with Crippen LogP contribution in [0.5, 0.6) is 0 Å². The van der Waals surface area contributed by atoms with Crippen molar-refractivity contribution in [1.29, 1.82) is 0 Å². The highest BCUT2D eigenvalue weighted by molar-refractivity contribution is 6.29. The van der Waals surface area contributed by atoms with Crippen molar-refractivity contribution in [2.24, 2.45) is 0 Å². The molecule has 7 heteroatoms. The molecule has 0 saturated carbocycles. The van der Waals surface area contributed by atoms with Crippen molar-refractivity contribution in [2.75, 3.05) is 13.6 Å². The van der Waals surface area contributed by atoms with Crippen LogP contribution in [0.1, 0.15) is 10.4 Å². The number of carbonyl (C=O) groups is 1. The van der Waals surface area contributed by atoms with Gasteiger partial charge in [0.25, 0.3) is 11.6 Å². The molecule has 1 amide bonds. The van der Waals surface area contributed by atoms with Crippen LogP contribution in [0.25, 0.3) is 0 Å². The minimum absolute atomic E-state index is 0.0333. The van der Waals surface area contributed by atoms with Crippen LogP contribution in [0, 0.1) is 10.1 Å². The Morgan fingerprint density at radius 1 is 1.76 bits per heavy atom. The van der Waals surface area contributed by atoms with Gasteiger partial charge in [0.1, 0.15) is 16.9 Å². The monoisotopic (exact) mass is 255 g/mol. The van der Waals surface area contributed by atoms with Crippen molar-refractivity contribution in [1.82, 2.24) is 9.88 Å². The Morgan fingerprint density at radius 2 is 2.41 bits per heavy atom. The first kappa shape index (κ1) is 13.1. The third kappa shape index (κ3) is 3.01. The number of nitrogens with zero attached hydrogens (tertiary/aromatic N) is 3. The van der Waals surface area contributed by atoms with Crippen molar-refractivity contribution >= 4 is 23.2 Å². The van der Waals surface area contributed by atoms with E-state index in [2.05, 4.69) is 11.6 Å². The fraction of sp³-hybridized carbons (Fsp3) is 0.200. The molecule has 0 unspecified atom stereocenters. The summed E-state index contributed by atoms with van der Waals surface area (Å²) in [4.78, 5) is 26.9. The molecule has 90 valence electrons. The third-order valence-electron chi connectivity index (χ3n) is 2.03. The molecule has 0 atom stereocenters. The maximum atomic E-state index is 11.9. The molecule has 0 spiro atoms. The number of nitro groups is 1. The predicted octanol–water partition coefficient (Wildman–Crippen LogP) is 1.90. The summed E-state index contributed by atoms with van der Waals surface area (Å²) < 4.78 is 0. The molecule has 1 heterocycles. The van der Waals surface area contributed by atoms with Gasteiger partial charge in [-0.15, -0.1) is 6.58 Å². The number of pyridine rings is 1. The SMILES string of the molecule is C=CCN(C)C(=O)c1cc(Cl)ncc1[N+](=O)[O-]. The van der Waals surface area contributed by atoms with E-state index in [1.807, 2.05) is 0 Å². The summed E-state index contributed by atoms with van der Waals surface area (Å²) in [6.07, 6.45) is 2.49. The van der Waals surface area contributed by atoms with Crippen molar-refractivity contribution < 1.29 is 9.72 Å². The Kier molecular flexibility index (Phi) is 4.17. The first-order valence-electron chi connectivity index (χ1n) is 4.63. The molecule has 0 saturated heterocycles. The van der Waals surface area contributed by atoms with Crippen LogP contribution in [0.15, 0.2) is 24.9 Å². The molecule has 0 bridgehead atoms. The van der Waals surface area contributed by atoms with Crippen LogP contribution in [0.2, 0.25) is 5.15 Å². The lowest BCUT2D eigenvalue weighted by Gasteiger charge is -2.14. The van der Waals surface area contributed by atoms with E-state index >= 15 is 0 Å². The topological polar surface area (TPSA) is 76.3 Å². The lowest BCUT2D eigenvalue weighted by molar-refractivity contribution is -0.385. The summed E-state index contributed by atoms with van der Waals surface area (Å²) in [7, 11) is 1.52. The van der Waals surface area contributed by atoms with Gasteiger partial charge in [-0.25, -0.2) is 4.98 Å². The molecule has 0 aliphatic carbocycles. The molecule has 1 rings (SSSR count).